The van der Waals surface area contributed by atoms with Crippen LogP contribution in [0.4, 0.5) is 0 Å². The number of hydrogen-bond donors (Lipinski definition) is 0. The number of hydrogen-bond acceptors (Lipinski definition) is 1. The van der Waals surface area contributed by atoms with Crippen molar-refractivity contribution >= 4 is 34.2 Å². The van der Waals surface area contributed by atoms with Crippen LogP contribution in [0.5, 0.6) is 0 Å². The van der Waals surface area contributed by atoms with Gasteiger partial charge < -0.3 is 0 Å². The van der Waals surface area contributed by atoms with Gasteiger partial charge in [0.2, 0.25) is 0 Å². The molecular weight excluding hydrogens is 298 g/mol. The third-order valence-corrected chi connectivity index (χ3v) is 3.39. The minimum absolute atomic E-state index is 0.576. The van der Waals surface area contributed by atoms with Crippen LogP contribution in [-0.4, -0.2) is 9.78 Å². The van der Waals surface area contributed by atoms with E-state index in [-0.39, 0.29) is 0 Å². The highest BCUT2D eigenvalue weighted by Gasteiger charge is 2.20. The normalized spacial score (nSPS) is 18.3. The lowest BCUT2D eigenvalue weighted by Gasteiger charge is -2.12. The third-order valence-electron chi connectivity index (χ3n) is 2.59. The van der Waals surface area contributed by atoms with Gasteiger partial charge in [0.05, 0.1) is 17.6 Å². The summed E-state index contributed by atoms with van der Waals surface area (Å²) in [4.78, 5) is 0. The van der Waals surface area contributed by atoms with Crippen LogP contribution in [0.3, 0.4) is 0 Å². The molecule has 1 aromatic heterocycles. The first-order valence-electron chi connectivity index (χ1n) is 4.61. The van der Waals surface area contributed by atoms with Crippen molar-refractivity contribution in [3.05, 3.63) is 15.5 Å². The zero-order chi connectivity index (χ0) is 9.26. The lowest BCUT2D eigenvalue weighted by Crippen LogP contribution is -2.09. The summed E-state index contributed by atoms with van der Waals surface area (Å²) in [7, 11) is 0. The van der Waals surface area contributed by atoms with Crippen molar-refractivity contribution in [3.63, 3.8) is 0 Å². The van der Waals surface area contributed by atoms with E-state index >= 15 is 0 Å². The monoisotopic (exact) mass is 310 g/mol. The van der Waals surface area contributed by atoms with Crippen molar-refractivity contribution < 1.29 is 0 Å². The lowest BCUT2D eigenvalue weighted by molar-refractivity contribution is 0.453. The highest BCUT2D eigenvalue weighted by atomic mass is 127. The average molecular weight is 311 g/mol. The molecule has 0 aromatic carbocycles. The Morgan fingerprint density at radius 2 is 2.23 bits per heavy atom. The van der Waals surface area contributed by atoms with E-state index in [9.17, 15) is 0 Å². The van der Waals surface area contributed by atoms with E-state index < -0.39 is 0 Å². The van der Waals surface area contributed by atoms with Crippen LogP contribution < -0.4 is 0 Å². The molecule has 1 heterocycles. The van der Waals surface area contributed by atoms with Crippen molar-refractivity contribution in [2.45, 2.75) is 37.6 Å². The minimum atomic E-state index is 0.576. The fourth-order valence-electron chi connectivity index (χ4n) is 1.96. The number of aromatic nitrogens is 2. The second kappa shape index (κ2) is 4.17. The molecule has 0 spiro atoms. The Morgan fingerprint density at radius 1 is 1.54 bits per heavy atom. The van der Waals surface area contributed by atoms with Crippen LogP contribution in [0.2, 0.25) is 0 Å². The molecule has 0 saturated heterocycles. The maximum absolute atomic E-state index is 5.86. The highest BCUT2D eigenvalue weighted by molar-refractivity contribution is 14.1. The summed E-state index contributed by atoms with van der Waals surface area (Å²) in [5.74, 6) is 0.576. The van der Waals surface area contributed by atoms with Crippen LogP contribution in [0.1, 0.15) is 37.4 Å². The molecule has 1 aromatic rings. The van der Waals surface area contributed by atoms with E-state index in [0.29, 0.717) is 11.9 Å². The van der Waals surface area contributed by atoms with Gasteiger partial charge in [0.25, 0.3) is 0 Å². The third kappa shape index (κ3) is 2.01. The summed E-state index contributed by atoms with van der Waals surface area (Å²) in [6.07, 6.45) is 5.20. The second-order valence-corrected chi connectivity index (χ2v) is 4.85. The number of halogens is 2. The fraction of sp³-hybridized carbons (Fsp3) is 0.667. The summed E-state index contributed by atoms with van der Waals surface area (Å²) < 4.78 is 3.18. The van der Waals surface area contributed by atoms with E-state index in [1.165, 1.54) is 25.7 Å². The molecule has 0 aliphatic heterocycles. The first kappa shape index (κ1) is 9.77. The Bertz CT molecular complexity index is 292. The summed E-state index contributed by atoms with van der Waals surface area (Å²) in [6.45, 7) is 0. The standard InChI is InChI=1S/C9H12ClIN2/c10-6-8-5-9(11)12-13(8)7-3-1-2-4-7/h5,7H,1-4,6H2. The molecule has 2 rings (SSSR count). The Kier molecular flexibility index (Phi) is 3.14. The van der Waals surface area contributed by atoms with Gasteiger partial charge in [0, 0.05) is 0 Å². The maximum atomic E-state index is 5.86. The van der Waals surface area contributed by atoms with Gasteiger partial charge in [-0.15, -0.1) is 11.6 Å². The molecule has 0 amide bonds. The van der Waals surface area contributed by atoms with Gasteiger partial charge in [-0.3, -0.25) is 4.68 Å². The predicted octanol–water partition coefficient (Wildman–Crippen LogP) is 3.34. The van der Waals surface area contributed by atoms with Crippen molar-refractivity contribution in [3.8, 4) is 0 Å². The second-order valence-electron chi connectivity index (χ2n) is 3.47. The first-order valence-corrected chi connectivity index (χ1v) is 6.22. The molecule has 1 saturated carbocycles. The van der Waals surface area contributed by atoms with Crippen molar-refractivity contribution in [2.75, 3.05) is 0 Å². The Labute approximate surface area is 96.8 Å². The summed E-state index contributed by atoms with van der Waals surface area (Å²) in [6, 6.07) is 2.68. The molecular formula is C9H12ClIN2. The van der Waals surface area contributed by atoms with Gasteiger partial charge in [-0.25, -0.2) is 0 Å². The van der Waals surface area contributed by atoms with Gasteiger partial charge in [0.15, 0.2) is 0 Å². The molecule has 72 valence electrons. The molecule has 2 nitrogen and oxygen atoms in total. The quantitative estimate of drug-likeness (QED) is 0.605. The van der Waals surface area contributed by atoms with Gasteiger partial charge in [-0.05, 0) is 41.5 Å². The number of nitrogens with zero attached hydrogens (tertiary/aromatic N) is 2. The van der Waals surface area contributed by atoms with Gasteiger partial charge >= 0.3 is 0 Å². The molecule has 0 bridgehead atoms. The largest absolute Gasteiger partial charge is 0.264 e. The highest BCUT2D eigenvalue weighted by Crippen LogP contribution is 2.30. The van der Waals surface area contributed by atoms with E-state index in [4.69, 9.17) is 11.6 Å². The van der Waals surface area contributed by atoms with Gasteiger partial charge in [-0.1, -0.05) is 12.8 Å². The zero-order valence-corrected chi connectivity index (χ0v) is 10.3. The van der Waals surface area contributed by atoms with Crippen LogP contribution in [0.15, 0.2) is 6.07 Å². The molecule has 1 aliphatic rings. The first-order chi connectivity index (χ1) is 6.31. The van der Waals surface area contributed by atoms with Crippen LogP contribution >= 0.6 is 34.2 Å². The van der Waals surface area contributed by atoms with Crippen molar-refractivity contribution in [1.29, 1.82) is 0 Å². The van der Waals surface area contributed by atoms with E-state index in [0.717, 1.165) is 9.39 Å². The van der Waals surface area contributed by atoms with Crippen LogP contribution in [-0.2, 0) is 5.88 Å². The Morgan fingerprint density at radius 3 is 2.85 bits per heavy atom. The molecule has 0 unspecified atom stereocenters. The predicted molar refractivity (Wildman–Crippen MR) is 62.0 cm³/mol. The molecule has 4 heteroatoms. The topological polar surface area (TPSA) is 17.8 Å². The summed E-state index contributed by atoms with van der Waals surface area (Å²) >= 11 is 8.11. The average Bonchev–Trinajstić information content (AvgIpc) is 2.71. The van der Waals surface area contributed by atoms with Crippen molar-refractivity contribution in [1.82, 2.24) is 9.78 Å². The van der Waals surface area contributed by atoms with E-state index in [2.05, 4.69) is 38.4 Å². The molecule has 0 atom stereocenters. The molecule has 1 aliphatic carbocycles. The minimum Gasteiger partial charge on any atom is -0.264 e. The number of rotatable bonds is 2. The zero-order valence-electron chi connectivity index (χ0n) is 7.34. The Hall–Kier alpha value is 0.230. The van der Waals surface area contributed by atoms with Gasteiger partial charge in [-0.2, -0.15) is 5.10 Å². The van der Waals surface area contributed by atoms with E-state index in [1.807, 2.05) is 0 Å². The smallest absolute Gasteiger partial charge is 0.123 e. The Balaban J connectivity index is 2.26. The van der Waals surface area contributed by atoms with E-state index in [1.54, 1.807) is 0 Å². The molecule has 1 fully saturated rings. The molecule has 13 heavy (non-hydrogen) atoms. The summed E-state index contributed by atoms with van der Waals surface area (Å²) in [5.41, 5.74) is 1.16. The number of alkyl halides is 1. The van der Waals surface area contributed by atoms with Gasteiger partial charge in [0.1, 0.15) is 3.70 Å². The summed E-state index contributed by atoms with van der Waals surface area (Å²) in [5, 5.41) is 4.48. The molecule has 0 radical (unpaired) electrons. The maximum Gasteiger partial charge on any atom is 0.123 e. The lowest BCUT2D eigenvalue weighted by atomic mass is 10.2. The fourth-order valence-corrected chi connectivity index (χ4v) is 2.76. The van der Waals surface area contributed by atoms with Crippen molar-refractivity contribution in [2.24, 2.45) is 0 Å². The molecule has 0 N–H and O–H groups in total. The van der Waals surface area contributed by atoms with Crippen LogP contribution in [0.25, 0.3) is 0 Å². The SMILES string of the molecule is ClCc1cc(I)nn1C1CCCC1. The van der Waals surface area contributed by atoms with Crippen LogP contribution in [0, 0.1) is 3.70 Å².